The Morgan fingerprint density at radius 1 is 1.38 bits per heavy atom. The van der Waals surface area contributed by atoms with Crippen molar-refractivity contribution in [2.45, 2.75) is 13.3 Å². The van der Waals surface area contributed by atoms with Gasteiger partial charge in [0.2, 0.25) is 0 Å². The van der Waals surface area contributed by atoms with Crippen molar-refractivity contribution in [3.8, 4) is 23.3 Å². The number of nitrogens with zero attached hydrogens (tertiary/aromatic N) is 2. The maximum Gasteiger partial charge on any atom is 0.415 e. The Kier molecular flexibility index (Phi) is 3.72. The van der Waals surface area contributed by atoms with Crippen LogP contribution in [0.4, 0.5) is 0 Å². The molecule has 2 aromatic rings. The summed E-state index contributed by atoms with van der Waals surface area (Å²) < 4.78 is 20.6. The summed E-state index contributed by atoms with van der Waals surface area (Å²) in [7, 11) is 0. The molecule has 0 amide bonds. The molecule has 0 N–H and O–H groups in total. The molecule has 110 valence electrons. The van der Waals surface area contributed by atoms with Crippen LogP contribution in [0.2, 0.25) is 0 Å². The molecule has 7 heteroatoms. The molecule has 1 aliphatic heterocycles. The first-order chi connectivity index (χ1) is 10.3. The Morgan fingerprint density at radius 3 is 3.14 bits per heavy atom. The largest absolute Gasteiger partial charge is 0.493 e. The Hall–Kier alpha value is -2.57. The zero-order valence-electron chi connectivity index (χ0n) is 11.5. The van der Waals surface area contributed by atoms with Crippen molar-refractivity contribution in [3.05, 3.63) is 23.8 Å². The average molecular weight is 290 g/mol. The maximum atomic E-state index is 11.2. The molecular weight excluding hydrogens is 276 g/mol. The molecule has 0 saturated heterocycles. The lowest BCUT2D eigenvalue weighted by Crippen LogP contribution is -2.14. The van der Waals surface area contributed by atoms with Gasteiger partial charge in [0.25, 0.3) is 5.89 Å². The van der Waals surface area contributed by atoms with Crippen molar-refractivity contribution in [2.24, 2.45) is 0 Å². The van der Waals surface area contributed by atoms with E-state index in [1.807, 2.05) is 18.2 Å². The number of hydrogen-bond donors (Lipinski definition) is 0. The molecule has 21 heavy (non-hydrogen) atoms. The second-order valence-corrected chi connectivity index (χ2v) is 4.39. The van der Waals surface area contributed by atoms with Crippen LogP contribution in [0.15, 0.2) is 22.6 Å². The van der Waals surface area contributed by atoms with Crippen LogP contribution in [0.3, 0.4) is 0 Å². The monoisotopic (exact) mass is 290 g/mol. The molecule has 1 aromatic heterocycles. The van der Waals surface area contributed by atoms with Crippen molar-refractivity contribution in [3.63, 3.8) is 0 Å². The maximum absolute atomic E-state index is 11.2. The van der Waals surface area contributed by atoms with Crippen LogP contribution >= 0.6 is 0 Å². The van der Waals surface area contributed by atoms with Crippen molar-refractivity contribution in [1.82, 2.24) is 10.2 Å². The Labute approximate surface area is 120 Å². The number of carbonyl (C=O) groups excluding carboxylic acids is 1. The normalized spacial score (nSPS) is 12.6. The summed E-state index contributed by atoms with van der Waals surface area (Å²) in [6, 6.07) is 5.67. The smallest absolute Gasteiger partial charge is 0.415 e. The summed E-state index contributed by atoms with van der Waals surface area (Å²) in [6.07, 6.45) is 0.804. The first-order valence-electron chi connectivity index (χ1n) is 6.64. The van der Waals surface area contributed by atoms with Crippen molar-refractivity contribution < 1.29 is 23.4 Å². The zero-order valence-corrected chi connectivity index (χ0v) is 11.5. The third kappa shape index (κ3) is 2.96. The predicted molar refractivity (Wildman–Crippen MR) is 71.1 cm³/mol. The molecule has 0 fully saturated rings. The van der Waals surface area contributed by atoms with E-state index < -0.39 is 5.97 Å². The standard InChI is InChI=1S/C14H14N2O5/c1-2-18-12(17)8-20-14-16-15-13(21-14)10-3-4-11-9(7-10)5-6-19-11/h3-4,7H,2,5-6,8H2,1H3. The molecule has 0 unspecified atom stereocenters. The summed E-state index contributed by atoms with van der Waals surface area (Å²) >= 11 is 0. The van der Waals surface area contributed by atoms with E-state index in [0.717, 1.165) is 23.3 Å². The highest BCUT2D eigenvalue weighted by Gasteiger charge is 2.16. The fourth-order valence-corrected chi connectivity index (χ4v) is 2.03. The zero-order chi connectivity index (χ0) is 14.7. The van der Waals surface area contributed by atoms with E-state index in [-0.39, 0.29) is 12.7 Å². The highest BCUT2D eigenvalue weighted by molar-refractivity contribution is 5.70. The van der Waals surface area contributed by atoms with E-state index in [9.17, 15) is 4.79 Å². The number of carbonyl (C=O) groups is 1. The number of fused-ring (bicyclic) bond motifs is 1. The van der Waals surface area contributed by atoms with Gasteiger partial charge in [0.1, 0.15) is 5.75 Å². The van der Waals surface area contributed by atoms with E-state index in [4.69, 9.17) is 18.6 Å². The van der Waals surface area contributed by atoms with Crippen LogP contribution in [0.25, 0.3) is 11.5 Å². The molecule has 3 rings (SSSR count). The van der Waals surface area contributed by atoms with Crippen LogP contribution in [0.5, 0.6) is 11.8 Å². The third-order valence-corrected chi connectivity index (χ3v) is 2.96. The van der Waals surface area contributed by atoms with Crippen molar-refractivity contribution in [2.75, 3.05) is 19.8 Å². The summed E-state index contributed by atoms with van der Waals surface area (Å²) in [5.74, 6) is 0.743. The predicted octanol–water partition coefficient (Wildman–Crippen LogP) is 1.61. The molecule has 0 radical (unpaired) electrons. The average Bonchev–Trinajstić information content (AvgIpc) is 3.13. The van der Waals surface area contributed by atoms with Gasteiger partial charge in [0.05, 0.1) is 13.2 Å². The summed E-state index contributed by atoms with van der Waals surface area (Å²) in [5, 5.41) is 7.64. The molecule has 0 bridgehead atoms. The number of rotatable bonds is 5. The summed E-state index contributed by atoms with van der Waals surface area (Å²) in [4.78, 5) is 11.2. The SMILES string of the molecule is CCOC(=O)COc1nnc(-c2ccc3c(c2)CCO3)o1. The lowest BCUT2D eigenvalue weighted by molar-refractivity contribution is -0.145. The van der Waals surface area contributed by atoms with Crippen molar-refractivity contribution in [1.29, 1.82) is 0 Å². The van der Waals surface area contributed by atoms with Gasteiger partial charge in [0, 0.05) is 12.0 Å². The van der Waals surface area contributed by atoms with Crippen LogP contribution in [0.1, 0.15) is 12.5 Å². The molecule has 0 spiro atoms. The molecule has 2 heterocycles. The van der Waals surface area contributed by atoms with Gasteiger partial charge in [-0.15, -0.1) is 5.10 Å². The first-order valence-corrected chi connectivity index (χ1v) is 6.64. The number of aromatic nitrogens is 2. The minimum absolute atomic E-state index is 0.0604. The van der Waals surface area contributed by atoms with Gasteiger partial charge in [0.15, 0.2) is 6.61 Å². The highest BCUT2D eigenvalue weighted by atomic mass is 16.6. The van der Waals surface area contributed by atoms with Gasteiger partial charge >= 0.3 is 12.0 Å². The molecule has 7 nitrogen and oxygen atoms in total. The van der Waals surface area contributed by atoms with Gasteiger partial charge in [-0.2, -0.15) is 0 Å². The summed E-state index contributed by atoms with van der Waals surface area (Å²) in [5.41, 5.74) is 1.90. The lowest BCUT2D eigenvalue weighted by Gasteiger charge is -2.01. The van der Waals surface area contributed by atoms with Crippen LogP contribution in [-0.4, -0.2) is 36.0 Å². The van der Waals surface area contributed by atoms with Crippen LogP contribution in [-0.2, 0) is 16.0 Å². The second-order valence-electron chi connectivity index (χ2n) is 4.39. The summed E-state index contributed by atoms with van der Waals surface area (Å²) in [6.45, 7) is 2.46. The second kappa shape index (κ2) is 5.82. The topological polar surface area (TPSA) is 83.7 Å². The fraction of sp³-hybridized carbons (Fsp3) is 0.357. The highest BCUT2D eigenvalue weighted by Crippen LogP contribution is 2.30. The minimum Gasteiger partial charge on any atom is -0.493 e. The first kappa shape index (κ1) is 13.4. The van der Waals surface area contributed by atoms with E-state index in [1.165, 1.54) is 0 Å². The van der Waals surface area contributed by atoms with Gasteiger partial charge in [-0.3, -0.25) is 0 Å². The van der Waals surface area contributed by atoms with E-state index >= 15 is 0 Å². The Morgan fingerprint density at radius 2 is 2.29 bits per heavy atom. The number of benzene rings is 1. The van der Waals surface area contributed by atoms with E-state index in [1.54, 1.807) is 6.92 Å². The molecular formula is C14H14N2O5. The third-order valence-electron chi connectivity index (χ3n) is 2.96. The number of esters is 1. The number of ether oxygens (including phenoxy) is 3. The Bertz CT molecular complexity index is 653. The van der Waals surface area contributed by atoms with Gasteiger partial charge in [-0.05, 0) is 30.7 Å². The number of hydrogen-bond acceptors (Lipinski definition) is 7. The fourth-order valence-electron chi connectivity index (χ4n) is 2.03. The molecule has 1 aromatic carbocycles. The van der Waals surface area contributed by atoms with Crippen LogP contribution < -0.4 is 9.47 Å². The molecule has 0 atom stereocenters. The van der Waals surface area contributed by atoms with E-state index in [2.05, 4.69) is 10.2 Å². The van der Waals surface area contributed by atoms with Crippen LogP contribution in [0, 0.1) is 0 Å². The van der Waals surface area contributed by atoms with Gasteiger partial charge < -0.3 is 18.6 Å². The minimum atomic E-state index is -0.480. The quantitative estimate of drug-likeness (QED) is 0.773. The molecule has 0 saturated carbocycles. The van der Waals surface area contributed by atoms with Gasteiger partial charge in [-0.25, -0.2) is 4.79 Å². The molecule has 1 aliphatic rings. The van der Waals surface area contributed by atoms with Crippen molar-refractivity contribution >= 4 is 5.97 Å². The van der Waals surface area contributed by atoms with Gasteiger partial charge in [-0.1, -0.05) is 5.10 Å². The Balaban J connectivity index is 1.68. The van der Waals surface area contributed by atoms with E-state index in [0.29, 0.717) is 19.1 Å². The molecule has 0 aliphatic carbocycles. The lowest BCUT2D eigenvalue weighted by atomic mass is 10.1.